The van der Waals surface area contributed by atoms with Crippen LogP contribution in [0.4, 0.5) is 5.69 Å². The lowest BCUT2D eigenvalue weighted by atomic mass is 10.1. The van der Waals surface area contributed by atoms with Crippen LogP contribution in [-0.4, -0.2) is 26.4 Å². The molecule has 0 saturated heterocycles. The van der Waals surface area contributed by atoms with Gasteiger partial charge in [0.1, 0.15) is 5.82 Å². The van der Waals surface area contributed by atoms with Crippen LogP contribution in [0.2, 0.25) is 0 Å². The molecule has 0 aliphatic carbocycles. The van der Waals surface area contributed by atoms with E-state index < -0.39 is 0 Å². The molecule has 1 aromatic carbocycles. The molecule has 0 fully saturated rings. The van der Waals surface area contributed by atoms with Crippen LogP contribution in [0.25, 0.3) is 0 Å². The minimum absolute atomic E-state index is 0.0165. The highest BCUT2D eigenvalue weighted by Crippen LogP contribution is 2.24. The van der Waals surface area contributed by atoms with Crippen molar-refractivity contribution in [2.75, 3.05) is 11.1 Å². The largest absolute Gasteiger partial charge is 0.325 e. The lowest BCUT2D eigenvalue weighted by Gasteiger charge is -2.13. The maximum Gasteiger partial charge on any atom is 0.234 e. The highest BCUT2D eigenvalue weighted by molar-refractivity contribution is 7.99. The van der Waals surface area contributed by atoms with Gasteiger partial charge >= 0.3 is 0 Å². The maximum absolute atomic E-state index is 12.4. The Morgan fingerprint density at radius 3 is 2.40 bits per heavy atom. The molecule has 0 spiro atoms. The van der Waals surface area contributed by atoms with Crippen LogP contribution in [0.1, 0.15) is 55.6 Å². The van der Waals surface area contributed by atoms with E-state index in [-0.39, 0.29) is 5.91 Å². The Morgan fingerprint density at radius 1 is 1.20 bits per heavy atom. The summed E-state index contributed by atoms with van der Waals surface area (Å²) in [5, 5.41) is 12.4. The van der Waals surface area contributed by atoms with Gasteiger partial charge in [0.05, 0.1) is 5.75 Å². The van der Waals surface area contributed by atoms with Crippen molar-refractivity contribution in [3.63, 3.8) is 0 Å². The number of anilines is 1. The van der Waals surface area contributed by atoms with Gasteiger partial charge in [0, 0.05) is 18.2 Å². The fourth-order valence-electron chi connectivity index (χ4n) is 2.95. The average molecular weight is 361 g/mol. The third kappa shape index (κ3) is 4.84. The van der Waals surface area contributed by atoms with Crippen LogP contribution < -0.4 is 5.32 Å². The van der Waals surface area contributed by atoms with Gasteiger partial charge < -0.3 is 9.88 Å². The molecule has 0 atom stereocenters. The van der Waals surface area contributed by atoms with E-state index in [1.807, 2.05) is 13.8 Å². The molecule has 0 aliphatic heterocycles. The monoisotopic (exact) mass is 360 g/mol. The topological polar surface area (TPSA) is 59.8 Å². The van der Waals surface area contributed by atoms with E-state index >= 15 is 0 Å². The zero-order valence-electron chi connectivity index (χ0n) is 16.0. The quantitative estimate of drug-likeness (QED) is 0.740. The van der Waals surface area contributed by atoms with Gasteiger partial charge in [0.25, 0.3) is 0 Å². The van der Waals surface area contributed by atoms with E-state index in [1.54, 1.807) is 0 Å². The van der Waals surface area contributed by atoms with Crippen LogP contribution in [0, 0.1) is 20.8 Å². The van der Waals surface area contributed by atoms with E-state index in [4.69, 9.17) is 0 Å². The average Bonchev–Trinajstić information content (AvgIpc) is 2.92. The highest BCUT2D eigenvalue weighted by atomic mass is 32.2. The van der Waals surface area contributed by atoms with Crippen molar-refractivity contribution in [1.29, 1.82) is 0 Å². The van der Waals surface area contributed by atoms with E-state index in [1.165, 1.54) is 17.3 Å². The molecule has 0 radical (unpaired) electrons. The van der Waals surface area contributed by atoms with Crippen molar-refractivity contribution in [2.45, 2.75) is 65.6 Å². The first kappa shape index (κ1) is 19.5. The van der Waals surface area contributed by atoms with Gasteiger partial charge in [-0.05, 0) is 38.3 Å². The van der Waals surface area contributed by atoms with Crippen LogP contribution in [0.5, 0.6) is 0 Å². The van der Waals surface area contributed by atoms with E-state index in [2.05, 4.69) is 59.9 Å². The van der Waals surface area contributed by atoms with Crippen molar-refractivity contribution < 1.29 is 4.79 Å². The van der Waals surface area contributed by atoms with E-state index in [0.29, 0.717) is 11.7 Å². The summed E-state index contributed by atoms with van der Waals surface area (Å²) in [5.41, 5.74) is 4.30. The second kappa shape index (κ2) is 8.52. The third-order valence-electron chi connectivity index (χ3n) is 3.98. The number of thioether (sulfide) groups is 1. The lowest BCUT2D eigenvalue weighted by Crippen LogP contribution is -2.16. The summed E-state index contributed by atoms with van der Waals surface area (Å²) in [5.74, 6) is 1.61. The van der Waals surface area contributed by atoms with Crippen LogP contribution in [0.15, 0.2) is 17.3 Å². The van der Waals surface area contributed by atoms with Crippen LogP contribution in [-0.2, 0) is 11.3 Å². The lowest BCUT2D eigenvalue weighted by molar-refractivity contribution is -0.113. The first-order chi connectivity index (χ1) is 11.8. The van der Waals surface area contributed by atoms with Gasteiger partial charge in [0.15, 0.2) is 5.16 Å². The van der Waals surface area contributed by atoms with Gasteiger partial charge in [-0.1, -0.05) is 50.2 Å². The van der Waals surface area contributed by atoms with Gasteiger partial charge in [-0.2, -0.15) is 0 Å². The standard InChI is InChI=1S/C19H28N4OS/c1-7-8-23-18(12(2)3)21-22-19(23)25-11-16(24)20-17-14(5)9-13(4)10-15(17)6/h9-10,12H,7-8,11H2,1-6H3,(H,20,24). The van der Waals surface area contributed by atoms with Crippen molar-refractivity contribution in [1.82, 2.24) is 14.8 Å². The Morgan fingerprint density at radius 2 is 1.84 bits per heavy atom. The van der Waals surface area contributed by atoms with Crippen molar-refractivity contribution in [3.05, 3.63) is 34.6 Å². The first-order valence-corrected chi connectivity index (χ1v) is 9.75. The molecule has 2 rings (SSSR count). The number of aryl methyl sites for hydroxylation is 3. The number of benzene rings is 1. The Hall–Kier alpha value is -1.82. The SMILES string of the molecule is CCCn1c(SCC(=O)Nc2c(C)cc(C)cc2C)nnc1C(C)C. The van der Waals surface area contributed by atoms with Crippen molar-refractivity contribution >= 4 is 23.4 Å². The molecule has 1 N–H and O–H groups in total. The molecular weight excluding hydrogens is 332 g/mol. The number of nitrogens with zero attached hydrogens (tertiary/aromatic N) is 3. The molecule has 0 aliphatic rings. The van der Waals surface area contributed by atoms with Gasteiger partial charge in [0.2, 0.25) is 5.91 Å². The van der Waals surface area contributed by atoms with Crippen molar-refractivity contribution in [3.8, 4) is 0 Å². The smallest absolute Gasteiger partial charge is 0.234 e. The molecule has 5 nitrogen and oxygen atoms in total. The summed E-state index contributed by atoms with van der Waals surface area (Å²) in [6, 6.07) is 4.17. The molecule has 6 heteroatoms. The predicted molar refractivity (Wildman–Crippen MR) is 104 cm³/mol. The van der Waals surface area contributed by atoms with Crippen LogP contribution >= 0.6 is 11.8 Å². The summed E-state index contributed by atoms with van der Waals surface area (Å²) in [6.07, 6.45) is 1.01. The molecule has 0 unspecified atom stereocenters. The Bertz CT molecular complexity index is 729. The van der Waals surface area contributed by atoms with Gasteiger partial charge in [-0.3, -0.25) is 4.79 Å². The third-order valence-corrected chi connectivity index (χ3v) is 4.95. The van der Waals surface area contributed by atoms with Gasteiger partial charge in [-0.25, -0.2) is 0 Å². The summed E-state index contributed by atoms with van der Waals surface area (Å²) in [7, 11) is 0. The predicted octanol–water partition coefficient (Wildman–Crippen LogP) is 4.47. The normalized spacial score (nSPS) is 11.2. The number of carbonyl (C=O) groups is 1. The molecule has 1 heterocycles. The number of aromatic nitrogens is 3. The minimum Gasteiger partial charge on any atom is -0.325 e. The molecular formula is C19H28N4OS. The minimum atomic E-state index is -0.0165. The summed E-state index contributed by atoms with van der Waals surface area (Å²) < 4.78 is 2.13. The zero-order valence-corrected chi connectivity index (χ0v) is 16.8. The molecule has 136 valence electrons. The second-order valence-corrected chi connectivity index (χ2v) is 7.70. The molecule has 25 heavy (non-hydrogen) atoms. The number of amides is 1. The zero-order chi connectivity index (χ0) is 18.6. The number of nitrogens with one attached hydrogen (secondary N) is 1. The molecule has 1 aromatic heterocycles. The first-order valence-electron chi connectivity index (χ1n) is 8.77. The van der Waals surface area contributed by atoms with Crippen molar-refractivity contribution in [2.24, 2.45) is 0 Å². The Balaban J connectivity index is 2.06. The number of hydrogen-bond acceptors (Lipinski definition) is 4. The Labute approximate surface area is 154 Å². The van der Waals surface area contributed by atoms with Crippen LogP contribution in [0.3, 0.4) is 0 Å². The number of carbonyl (C=O) groups excluding carboxylic acids is 1. The molecule has 2 aromatic rings. The fourth-order valence-corrected chi connectivity index (χ4v) is 3.72. The second-order valence-electron chi connectivity index (χ2n) is 6.76. The highest BCUT2D eigenvalue weighted by Gasteiger charge is 2.16. The Kier molecular flexibility index (Phi) is 6.64. The van der Waals surface area contributed by atoms with E-state index in [9.17, 15) is 4.79 Å². The summed E-state index contributed by atoms with van der Waals surface area (Å²) in [4.78, 5) is 12.4. The van der Waals surface area contributed by atoms with Gasteiger partial charge in [-0.15, -0.1) is 10.2 Å². The van der Waals surface area contributed by atoms with E-state index in [0.717, 1.165) is 40.8 Å². The molecule has 1 amide bonds. The maximum atomic E-state index is 12.4. The summed E-state index contributed by atoms with van der Waals surface area (Å²) in [6.45, 7) is 13.3. The molecule has 0 saturated carbocycles. The summed E-state index contributed by atoms with van der Waals surface area (Å²) >= 11 is 1.44. The number of hydrogen-bond donors (Lipinski definition) is 1. The number of rotatable bonds is 7. The molecule has 0 bridgehead atoms. The fraction of sp³-hybridized carbons (Fsp3) is 0.526.